The molecule has 26 heavy (non-hydrogen) atoms. The molecule has 0 aliphatic carbocycles. The average Bonchev–Trinajstić information content (AvgIpc) is 2.56. The highest BCUT2D eigenvalue weighted by atomic mass is 35.5. The lowest BCUT2D eigenvalue weighted by atomic mass is 10.2. The van der Waals surface area contributed by atoms with Gasteiger partial charge in [-0.1, -0.05) is 23.7 Å². The van der Waals surface area contributed by atoms with Crippen molar-refractivity contribution < 1.29 is 22.4 Å². The van der Waals surface area contributed by atoms with Crippen molar-refractivity contribution in [1.82, 2.24) is 10.6 Å². The van der Waals surface area contributed by atoms with E-state index in [1.165, 1.54) is 42.5 Å². The van der Waals surface area contributed by atoms with Crippen LogP contribution in [0.5, 0.6) is 0 Å². The first kappa shape index (κ1) is 19.9. The van der Waals surface area contributed by atoms with E-state index in [0.29, 0.717) is 5.02 Å². The molecule has 2 aromatic carbocycles. The lowest BCUT2D eigenvalue weighted by Gasteiger charge is -2.24. The van der Waals surface area contributed by atoms with E-state index in [1.807, 2.05) is 5.32 Å². The molecule has 1 unspecified atom stereocenters. The second kappa shape index (κ2) is 8.33. The molecule has 4 nitrogen and oxygen atoms in total. The van der Waals surface area contributed by atoms with Crippen molar-refractivity contribution in [2.45, 2.75) is 12.3 Å². The standard InChI is InChI=1S/C16H12ClF4N3OS/c17-10-7-5-9(6-8-10)13(25)23-14(16(19,20)21)24-15(26)22-12-4-2-1-3-11(12)18/h1-8,14H,(H,23,25)(H2,22,24,26). The number of amides is 1. The van der Waals surface area contributed by atoms with Gasteiger partial charge in [0.15, 0.2) is 11.3 Å². The highest BCUT2D eigenvalue weighted by molar-refractivity contribution is 7.80. The van der Waals surface area contributed by atoms with E-state index in [1.54, 1.807) is 5.32 Å². The molecule has 3 N–H and O–H groups in total. The van der Waals surface area contributed by atoms with Crippen molar-refractivity contribution in [3.05, 3.63) is 64.9 Å². The Morgan fingerprint density at radius 3 is 2.23 bits per heavy atom. The third kappa shape index (κ3) is 5.57. The van der Waals surface area contributed by atoms with Gasteiger partial charge in [0.2, 0.25) is 0 Å². The van der Waals surface area contributed by atoms with Crippen LogP contribution in [0.3, 0.4) is 0 Å². The van der Waals surface area contributed by atoms with Crippen LogP contribution in [0, 0.1) is 5.82 Å². The maximum atomic E-state index is 13.5. The molecule has 0 spiro atoms. The van der Waals surface area contributed by atoms with Gasteiger partial charge in [-0.25, -0.2) is 4.39 Å². The largest absolute Gasteiger partial charge is 0.427 e. The van der Waals surface area contributed by atoms with Crippen LogP contribution in [-0.4, -0.2) is 23.4 Å². The Bertz CT molecular complexity index is 799. The van der Waals surface area contributed by atoms with Crippen molar-refractivity contribution in [3.63, 3.8) is 0 Å². The molecule has 0 saturated heterocycles. The summed E-state index contributed by atoms with van der Waals surface area (Å²) in [5, 5.41) is 5.84. The smallest absolute Gasteiger partial charge is 0.335 e. The number of alkyl halides is 3. The average molecular weight is 406 g/mol. The summed E-state index contributed by atoms with van der Waals surface area (Å²) in [4.78, 5) is 12.0. The van der Waals surface area contributed by atoms with Crippen molar-refractivity contribution in [2.24, 2.45) is 0 Å². The zero-order valence-corrected chi connectivity index (χ0v) is 14.5. The molecule has 1 atom stereocenters. The molecule has 0 aromatic heterocycles. The molecule has 2 aromatic rings. The molecule has 0 heterocycles. The normalized spacial score (nSPS) is 12.2. The monoisotopic (exact) mass is 405 g/mol. The Hall–Kier alpha value is -2.39. The van der Waals surface area contributed by atoms with Gasteiger partial charge < -0.3 is 16.0 Å². The van der Waals surface area contributed by atoms with Crippen LogP contribution in [0.4, 0.5) is 23.2 Å². The van der Waals surface area contributed by atoms with Gasteiger partial charge in [-0.05, 0) is 48.6 Å². The van der Waals surface area contributed by atoms with Crippen molar-refractivity contribution in [3.8, 4) is 0 Å². The molecule has 0 aliphatic rings. The molecule has 0 radical (unpaired) electrons. The van der Waals surface area contributed by atoms with Gasteiger partial charge in [0.25, 0.3) is 5.91 Å². The molecule has 0 saturated carbocycles. The number of benzene rings is 2. The molecule has 0 fully saturated rings. The molecular weight excluding hydrogens is 394 g/mol. The van der Waals surface area contributed by atoms with E-state index in [4.69, 9.17) is 23.8 Å². The third-order valence-corrected chi connectivity index (χ3v) is 3.58. The molecule has 0 bridgehead atoms. The molecule has 138 valence electrons. The van der Waals surface area contributed by atoms with E-state index >= 15 is 0 Å². The summed E-state index contributed by atoms with van der Waals surface area (Å²) in [5.74, 6) is -1.67. The Balaban J connectivity index is 2.07. The highest BCUT2D eigenvalue weighted by Gasteiger charge is 2.41. The first-order valence-electron chi connectivity index (χ1n) is 7.12. The van der Waals surface area contributed by atoms with Gasteiger partial charge in [-0.2, -0.15) is 13.2 Å². The van der Waals surface area contributed by atoms with E-state index in [9.17, 15) is 22.4 Å². The topological polar surface area (TPSA) is 53.2 Å². The fraction of sp³-hybridized carbons (Fsp3) is 0.125. The number of carbonyl (C=O) groups is 1. The lowest BCUT2D eigenvalue weighted by molar-refractivity contribution is -0.156. The minimum absolute atomic E-state index is 0.0153. The number of hydrogen-bond acceptors (Lipinski definition) is 2. The van der Waals surface area contributed by atoms with Gasteiger partial charge in [0.1, 0.15) is 5.82 Å². The fourth-order valence-corrected chi connectivity index (χ4v) is 2.22. The van der Waals surface area contributed by atoms with Gasteiger partial charge in [0.05, 0.1) is 5.69 Å². The van der Waals surface area contributed by atoms with Crippen LogP contribution in [0.2, 0.25) is 5.02 Å². The Morgan fingerprint density at radius 2 is 1.65 bits per heavy atom. The summed E-state index contributed by atoms with van der Waals surface area (Å²) in [6.45, 7) is 0. The summed E-state index contributed by atoms with van der Waals surface area (Å²) < 4.78 is 53.1. The predicted molar refractivity (Wildman–Crippen MR) is 94.5 cm³/mol. The molecule has 0 aliphatic heterocycles. The number of halogens is 5. The fourth-order valence-electron chi connectivity index (χ4n) is 1.87. The summed E-state index contributed by atoms with van der Waals surface area (Å²) in [6, 6.07) is 10.6. The molecule has 10 heteroatoms. The Kier molecular flexibility index (Phi) is 6.38. The van der Waals surface area contributed by atoms with Crippen molar-refractivity contribution in [2.75, 3.05) is 5.32 Å². The van der Waals surface area contributed by atoms with E-state index in [-0.39, 0.29) is 11.3 Å². The van der Waals surface area contributed by atoms with Crippen molar-refractivity contribution in [1.29, 1.82) is 0 Å². The summed E-state index contributed by atoms with van der Waals surface area (Å²) in [6.07, 6.45) is -7.32. The van der Waals surface area contributed by atoms with Crippen LogP contribution in [0.25, 0.3) is 0 Å². The molecular formula is C16H12ClF4N3OS. The number of rotatable bonds is 4. The number of thiocarbonyl (C=S) groups is 1. The second-order valence-electron chi connectivity index (χ2n) is 5.03. The zero-order chi connectivity index (χ0) is 19.3. The minimum atomic E-state index is -4.84. The summed E-state index contributed by atoms with van der Waals surface area (Å²) in [7, 11) is 0. The van der Waals surface area contributed by atoms with Crippen LogP contribution >= 0.6 is 23.8 Å². The SMILES string of the molecule is O=C(NC(NC(=S)Nc1ccccc1F)C(F)(F)F)c1ccc(Cl)cc1. The van der Waals surface area contributed by atoms with Crippen LogP contribution < -0.4 is 16.0 Å². The van der Waals surface area contributed by atoms with Crippen LogP contribution in [-0.2, 0) is 0 Å². The van der Waals surface area contributed by atoms with E-state index in [0.717, 1.165) is 6.07 Å². The number of nitrogens with one attached hydrogen (secondary N) is 3. The Morgan fingerprint density at radius 1 is 1.04 bits per heavy atom. The third-order valence-electron chi connectivity index (χ3n) is 3.11. The number of para-hydroxylation sites is 1. The van der Waals surface area contributed by atoms with E-state index in [2.05, 4.69) is 5.32 Å². The van der Waals surface area contributed by atoms with Gasteiger partial charge in [0, 0.05) is 10.6 Å². The first-order chi connectivity index (χ1) is 12.2. The number of hydrogen-bond donors (Lipinski definition) is 3. The molecule has 2 rings (SSSR count). The maximum Gasteiger partial charge on any atom is 0.427 e. The van der Waals surface area contributed by atoms with Gasteiger partial charge in [-0.15, -0.1) is 0 Å². The lowest BCUT2D eigenvalue weighted by Crippen LogP contribution is -2.57. The predicted octanol–water partition coefficient (Wildman–Crippen LogP) is 4.08. The van der Waals surface area contributed by atoms with Crippen molar-refractivity contribution >= 4 is 40.5 Å². The number of anilines is 1. The van der Waals surface area contributed by atoms with E-state index < -0.39 is 29.2 Å². The first-order valence-corrected chi connectivity index (χ1v) is 7.90. The summed E-state index contributed by atoms with van der Waals surface area (Å²) >= 11 is 10.4. The van der Waals surface area contributed by atoms with Gasteiger partial charge >= 0.3 is 6.18 Å². The highest BCUT2D eigenvalue weighted by Crippen LogP contribution is 2.20. The zero-order valence-electron chi connectivity index (χ0n) is 12.9. The van der Waals surface area contributed by atoms with Gasteiger partial charge in [-0.3, -0.25) is 4.79 Å². The minimum Gasteiger partial charge on any atom is -0.335 e. The Labute approximate surface area is 156 Å². The van der Waals surface area contributed by atoms with Crippen LogP contribution in [0.15, 0.2) is 48.5 Å². The quantitative estimate of drug-likeness (QED) is 0.407. The number of carbonyl (C=O) groups excluding carboxylic acids is 1. The summed E-state index contributed by atoms with van der Waals surface area (Å²) in [5.41, 5.74) is -0.117. The maximum absolute atomic E-state index is 13.5. The second-order valence-corrected chi connectivity index (χ2v) is 5.88. The molecule has 1 amide bonds. The van der Waals surface area contributed by atoms with Crippen LogP contribution in [0.1, 0.15) is 10.4 Å².